The molecular formula is C32H32BN3. The molecule has 2 aliphatic rings. The van der Waals surface area contributed by atoms with Crippen molar-refractivity contribution in [3.8, 4) is 0 Å². The molecule has 5 aromatic rings. The topological polar surface area (TPSA) is 21.1 Å². The van der Waals surface area contributed by atoms with E-state index < -0.39 is 0 Å². The van der Waals surface area contributed by atoms with E-state index in [4.69, 9.17) is 4.98 Å². The highest BCUT2D eigenvalue weighted by atomic mass is 15.2. The summed E-state index contributed by atoms with van der Waals surface area (Å²) in [6, 6.07) is 25.1. The molecule has 2 aromatic heterocycles. The highest BCUT2D eigenvalue weighted by Gasteiger charge is 2.47. The molecule has 0 amide bonds. The van der Waals surface area contributed by atoms with Gasteiger partial charge in [-0.05, 0) is 60.8 Å². The Hall–Kier alpha value is -3.53. The maximum Gasteiger partial charge on any atom is 0.417 e. The number of benzene rings is 3. The van der Waals surface area contributed by atoms with Crippen molar-refractivity contribution in [1.29, 1.82) is 0 Å². The minimum Gasteiger partial charge on any atom is -0.383 e. The summed E-state index contributed by atoms with van der Waals surface area (Å²) in [6.45, 7) is 11.7. The van der Waals surface area contributed by atoms with Crippen LogP contribution in [0, 0.1) is 19.3 Å². The number of rotatable bonds is 2. The van der Waals surface area contributed by atoms with Gasteiger partial charge in [-0.3, -0.25) is 4.98 Å². The monoisotopic (exact) mass is 469 g/mol. The number of hydrogen-bond donors (Lipinski definition) is 0. The van der Waals surface area contributed by atoms with E-state index in [1.807, 2.05) is 6.20 Å². The van der Waals surface area contributed by atoms with E-state index in [1.165, 1.54) is 60.9 Å². The van der Waals surface area contributed by atoms with Crippen LogP contribution in [0.4, 0.5) is 5.69 Å². The SMILES string of the molecule is Cc1cccc(C)c1B1N2c3ccccc3CC2c2nccc3c4cccc(CC(C)(C)C)c4n1c23. The predicted octanol–water partition coefficient (Wildman–Crippen LogP) is 6.76. The zero-order valence-corrected chi connectivity index (χ0v) is 21.8. The second-order valence-electron chi connectivity index (χ2n) is 11.9. The van der Waals surface area contributed by atoms with Gasteiger partial charge in [-0.2, -0.15) is 0 Å². The predicted molar refractivity (Wildman–Crippen MR) is 152 cm³/mol. The number of hydrogen-bond acceptors (Lipinski definition) is 2. The lowest BCUT2D eigenvalue weighted by atomic mass is 9.59. The molecule has 3 aromatic carbocycles. The molecule has 3 nitrogen and oxygen atoms in total. The Morgan fingerprint density at radius 3 is 2.36 bits per heavy atom. The molecule has 4 heterocycles. The summed E-state index contributed by atoms with van der Waals surface area (Å²) in [6.07, 6.45) is 4.06. The third-order valence-corrected chi connectivity index (χ3v) is 8.21. The molecule has 0 saturated carbocycles. The van der Waals surface area contributed by atoms with Gasteiger partial charge in [0.05, 0.1) is 17.3 Å². The van der Waals surface area contributed by atoms with Gasteiger partial charge in [0, 0.05) is 28.2 Å². The molecule has 1 unspecified atom stereocenters. The van der Waals surface area contributed by atoms with Crippen molar-refractivity contribution >= 4 is 39.9 Å². The number of nitrogens with zero attached hydrogens (tertiary/aromatic N) is 3. The van der Waals surface area contributed by atoms with Crippen molar-refractivity contribution in [2.45, 2.75) is 53.5 Å². The van der Waals surface area contributed by atoms with Crippen LogP contribution in [0.1, 0.15) is 54.8 Å². The van der Waals surface area contributed by atoms with E-state index >= 15 is 0 Å². The first kappa shape index (κ1) is 21.7. The number of anilines is 1. The van der Waals surface area contributed by atoms with Crippen molar-refractivity contribution < 1.29 is 0 Å². The molecule has 0 fully saturated rings. The van der Waals surface area contributed by atoms with Crippen LogP contribution in [-0.2, 0) is 12.8 Å². The molecule has 0 spiro atoms. The fourth-order valence-electron chi connectivity index (χ4n) is 6.92. The number of aryl methyl sites for hydroxylation is 2. The van der Waals surface area contributed by atoms with Crippen molar-refractivity contribution in [2.75, 3.05) is 4.81 Å². The Labute approximate surface area is 213 Å². The van der Waals surface area contributed by atoms with Crippen LogP contribution in [0.15, 0.2) is 72.9 Å². The molecule has 0 aliphatic carbocycles. The van der Waals surface area contributed by atoms with E-state index in [1.54, 1.807) is 0 Å². The number of aromatic nitrogens is 2. The van der Waals surface area contributed by atoms with Crippen molar-refractivity contribution in [1.82, 2.24) is 9.46 Å². The highest BCUT2D eigenvalue weighted by molar-refractivity contribution is 6.78. The van der Waals surface area contributed by atoms with E-state index in [-0.39, 0.29) is 18.4 Å². The van der Waals surface area contributed by atoms with Gasteiger partial charge in [0.2, 0.25) is 0 Å². The fourth-order valence-corrected chi connectivity index (χ4v) is 6.92. The number of fused-ring (bicyclic) bond motifs is 7. The minimum absolute atomic E-state index is 0.0812. The molecule has 2 aliphatic heterocycles. The summed E-state index contributed by atoms with van der Waals surface area (Å²) >= 11 is 0. The lowest BCUT2D eigenvalue weighted by molar-refractivity contribution is 0.412. The van der Waals surface area contributed by atoms with E-state index in [0.29, 0.717) is 0 Å². The third kappa shape index (κ3) is 2.97. The van der Waals surface area contributed by atoms with Gasteiger partial charge < -0.3 is 9.29 Å². The fraction of sp³-hybridized carbons (Fsp3) is 0.281. The van der Waals surface area contributed by atoms with Gasteiger partial charge >= 0.3 is 6.98 Å². The molecule has 1 atom stereocenters. The van der Waals surface area contributed by atoms with Crippen LogP contribution >= 0.6 is 0 Å². The van der Waals surface area contributed by atoms with Gasteiger partial charge in [-0.1, -0.05) is 86.5 Å². The Bertz CT molecular complexity index is 1650. The molecule has 36 heavy (non-hydrogen) atoms. The Balaban J connectivity index is 1.66. The van der Waals surface area contributed by atoms with E-state index in [0.717, 1.165) is 12.8 Å². The van der Waals surface area contributed by atoms with Gasteiger partial charge in [0.25, 0.3) is 0 Å². The van der Waals surface area contributed by atoms with Crippen LogP contribution < -0.4 is 10.3 Å². The van der Waals surface area contributed by atoms with Gasteiger partial charge in [-0.15, -0.1) is 0 Å². The Kier molecular flexibility index (Phi) is 4.52. The average molecular weight is 469 g/mol. The van der Waals surface area contributed by atoms with Crippen molar-refractivity contribution in [2.24, 2.45) is 5.41 Å². The standard InChI is InChI=1S/C32H32BN3/c1-20-10-8-11-21(2)28(20)33-35-26-15-7-6-12-22(26)18-27(35)29-31-25(16-17-34-29)24-14-9-13-23(19-32(3,4)5)30(24)36(31)33/h6-17,27H,18-19H2,1-5H3. The second kappa shape index (κ2) is 7.49. The highest BCUT2D eigenvalue weighted by Crippen LogP contribution is 2.48. The van der Waals surface area contributed by atoms with Gasteiger partial charge in [-0.25, -0.2) is 0 Å². The van der Waals surface area contributed by atoms with Crippen LogP contribution in [0.5, 0.6) is 0 Å². The van der Waals surface area contributed by atoms with E-state index in [2.05, 4.69) is 111 Å². The zero-order chi connectivity index (χ0) is 24.8. The van der Waals surface area contributed by atoms with Crippen LogP contribution in [0.3, 0.4) is 0 Å². The van der Waals surface area contributed by atoms with Gasteiger partial charge in [0.15, 0.2) is 0 Å². The summed E-state index contributed by atoms with van der Waals surface area (Å²) in [5.41, 5.74) is 12.4. The minimum atomic E-state index is 0.0812. The maximum absolute atomic E-state index is 5.07. The summed E-state index contributed by atoms with van der Waals surface area (Å²) in [5.74, 6) is 0. The molecule has 0 radical (unpaired) electrons. The Morgan fingerprint density at radius 1 is 0.861 bits per heavy atom. The quantitative estimate of drug-likeness (QED) is 0.267. The lowest BCUT2D eigenvalue weighted by Crippen LogP contribution is -2.58. The van der Waals surface area contributed by atoms with Crippen LogP contribution in [0.25, 0.3) is 21.8 Å². The smallest absolute Gasteiger partial charge is 0.383 e. The summed E-state index contributed by atoms with van der Waals surface area (Å²) in [4.78, 5) is 7.75. The van der Waals surface area contributed by atoms with Crippen molar-refractivity contribution in [3.05, 3.63) is 101 Å². The molecule has 0 saturated heterocycles. The first-order valence-electron chi connectivity index (χ1n) is 13.2. The summed E-state index contributed by atoms with van der Waals surface area (Å²) < 4.78 is 2.65. The maximum atomic E-state index is 5.07. The zero-order valence-electron chi connectivity index (χ0n) is 21.8. The normalized spacial score (nSPS) is 16.6. The number of para-hydroxylation sites is 2. The number of pyridine rings is 1. The average Bonchev–Trinajstić information content (AvgIpc) is 3.38. The van der Waals surface area contributed by atoms with Crippen LogP contribution in [0.2, 0.25) is 0 Å². The van der Waals surface area contributed by atoms with Crippen LogP contribution in [-0.4, -0.2) is 16.4 Å². The molecule has 178 valence electrons. The Morgan fingerprint density at radius 2 is 1.58 bits per heavy atom. The van der Waals surface area contributed by atoms with Gasteiger partial charge in [0.1, 0.15) is 0 Å². The third-order valence-electron chi connectivity index (χ3n) is 8.21. The molecule has 0 bridgehead atoms. The summed E-state index contributed by atoms with van der Waals surface area (Å²) in [7, 11) is 0. The molecule has 0 N–H and O–H groups in total. The second-order valence-corrected chi connectivity index (χ2v) is 11.9. The molecular weight excluding hydrogens is 437 g/mol. The molecule has 4 heteroatoms. The lowest BCUT2D eigenvalue weighted by Gasteiger charge is -2.40. The summed E-state index contributed by atoms with van der Waals surface area (Å²) in [5, 5.41) is 2.68. The first-order valence-corrected chi connectivity index (χ1v) is 13.2. The van der Waals surface area contributed by atoms with E-state index in [9.17, 15) is 0 Å². The largest absolute Gasteiger partial charge is 0.417 e. The first-order chi connectivity index (χ1) is 17.3. The molecule has 7 rings (SSSR count). The van der Waals surface area contributed by atoms with Crippen molar-refractivity contribution in [3.63, 3.8) is 0 Å².